The van der Waals surface area contributed by atoms with Crippen LogP contribution >= 0.6 is 0 Å². The van der Waals surface area contributed by atoms with Crippen molar-refractivity contribution in [1.29, 1.82) is 0 Å². The van der Waals surface area contributed by atoms with Gasteiger partial charge in [0.15, 0.2) is 5.76 Å². The maximum absolute atomic E-state index is 12.4. The lowest BCUT2D eigenvalue weighted by molar-refractivity contribution is -0.146. The van der Waals surface area contributed by atoms with Crippen LogP contribution in [0.2, 0.25) is 0 Å². The van der Waals surface area contributed by atoms with Crippen molar-refractivity contribution < 1.29 is 14.1 Å². The molecule has 1 aliphatic heterocycles. The predicted octanol–water partition coefficient (Wildman–Crippen LogP) is 7.29. The second-order valence-corrected chi connectivity index (χ2v) is 11.0. The molecule has 0 spiro atoms. The van der Waals surface area contributed by atoms with E-state index in [1.54, 1.807) is 0 Å². The van der Waals surface area contributed by atoms with Crippen LogP contribution in [0.5, 0.6) is 0 Å². The number of carbonyl (C=O) groups excluding carboxylic acids is 1. The standard InChI is InChI=1S/C34H36N2O3/c1-3-38-33(37)34(19-20-34)30-15-13-27(14-16-30)26-9-11-29(12-10-26)32-31(24(2)35-39-32)23-36-21-17-28(18-22-36)25-7-5-4-6-8-25/h4-16,28H,3,17-23H2,1-2H3. The van der Waals surface area contributed by atoms with Gasteiger partial charge < -0.3 is 9.26 Å². The Kier molecular flexibility index (Phi) is 7.09. The largest absolute Gasteiger partial charge is 0.465 e. The number of likely N-dealkylation sites (tertiary alicyclic amines) is 1. The summed E-state index contributed by atoms with van der Waals surface area (Å²) in [7, 11) is 0. The van der Waals surface area contributed by atoms with Crippen LogP contribution in [0.1, 0.15) is 60.9 Å². The molecule has 0 unspecified atom stereocenters. The molecule has 2 fully saturated rings. The third kappa shape index (κ3) is 5.16. The van der Waals surface area contributed by atoms with Gasteiger partial charge in [-0.25, -0.2) is 0 Å². The van der Waals surface area contributed by atoms with E-state index in [2.05, 4.69) is 88.9 Å². The van der Waals surface area contributed by atoms with Gasteiger partial charge in [-0.2, -0.15) is 0 Å². The van der Waals surface area contributed by atoms with Crippen LogP contribution in [0.3, 0.4) is 0 Å². The van der Waals surface area contributed by atoms with Crippen molar-refractivity contribution in [2.75, 3.05) is 19.7 Å². The quantitative estimate of drug-likeness (QED) is 0.228. The molecule has 2 heterocycles. The van der Waals surface area contributed by atoms with Crippen molar-refractivity contribution >= 4 is 5.97 Å². The van der Waals surface area contributed by atoms with Crippen molar-refractivity contribution in [3.63, 3.8) is 0 Å². The lowest BCUT2D eigenvalue weighted by Gasteiger charge is -2.32. The highest BCUT2D eigenvalue weighted by Crippen LogP contribution is 2.49. The molecule has 2 aliphatic rings. The molecule has 3 aromatic carbocycles. The van der Waals surface area contributed by atoms with Gasteiger partial charge in [-0.05, 0) is 80.8 Å². The van der Waals surface area contributed by atoms with E-state index in [0.29, 0.717) is 12.5 Å². The number of hydrogen-bond donors (Lipinski definition) is 0. The molecular formula is C34H36N2O3. The highest BCUT2D eigenvalue weighted by molar-refractivity contribution is 5.87. The van der Waals surface area contributed by atoms with E-state index < -0.39 is 5.41 Å². The van der Waals surface area contributed by atoms with E-state index in [-0.39, 0.29) is 5.97 Å². The van der Waals surface area contributed by atoms with E-state index in [0.717, 1.165) is 66.2 Å². The van der Waals surface area contributed by atoms with Crippen LogP contribution in [0, 0.1) is 6.92 Å². The monoisotopic (exact) mass is 520 g/mol. The molecule has 6 rings (SSSR count). The molecule has 0 atom stereocenters. The minimum atomic E-state index is -0.435. The zero-order valence-electron chi connectivity index (χ0n) is 22.9. The SMILES string of the molecule is CCOC(=O)C1(c2ccc(-c3ccc(-c4onc(C)c4CN4CCC(c5ccccc5)CC4)cc3)cc2)CC1. The Morgan fingerprint density at radius 3 is 2.15 bits per heavy atom. The molecule has 0 bridgehead atoms. The van der Waals surface area contributed by atoms with Crippen LogP contribution in [0.4, 0.5) is 0 Å². The number of carbonyl (C=O) groups is 1. The number of benzene rings is 3. The Labute approximate surface area is 230 Å². The molecule has 39 heavy (non-hydrogen) atoms. The molecule has 1 saturated heterocycles. The highest BCUT2D eigenvalue weighted by atomic mass is 16.5. The van der Waals surface area contributed by atoms with Crippen LogP contribution in [0.25, 0.3) is 22.5 Å². The van der Waals surface area contributed by atoms with Crippen LogP contribution < -0.4 is 0 Å². The summed E-state index contributed by atoms with van der Waals surface area (Å²) in [5, 5.41) is 4.33. The fraction of sp³-hybridized carbons (Fsp3) is 0.353. The topological polar surface area (TPSA) is 55.6 Å². The van der Waals surface area contributed by atoms with Crippen molar-refractivity contribution in [3.8, 4) is 22.5 Å². The zero-order chi connectivity index (χ0) is 26.8. The summed E-state index contributed by atoms with van der Waals surface area (Å²) in [6, 6.07) is 27.8. The molecule has 1 saturated carbocycles. The third-order valence-corrected chi connectivity index (χ3v) is 8.56. The molecule has 0 N–H and O–H groups in total. The van der Waals surface area contributed by atoms with Crippen molar-refractivity contribution in [3.05, 3.63) is 101 Å². The molecule has 4 aromatic rings. The van der Waals surface area contributed by atoms with Gasteiger partial charge in [0.1, 0.15) is 0 Å². The number of nitrogens with zero attached hydrogens (tertiary/aromatic N) is 2. The normalized spacial score (nSPS) is 17.2. The minimum absolute atomic E-state index is 0.0965. The fourth-order valence-corrected chi connectivity index (χ4v) is 5.98. The molecule has 5 heteroatoms. The highest BCUT2D eigenvalue weighted by Gasteiger charge is 2.52. The first kappa shape index (κ1) is 25.6. The average molecular weight is 521 g/mol. The molecule has 0 radical (unpaired) electrons. The van der Waals surface area contributed by atoms with Gasteiger partial charge >= 0.3 is 5.97 Å². The number of esters is 1. The van der Waals surface area contributed by atoms with Crippen LogP contribution in [0.15, 0.2) is 83.4 Å². The first-order valence-corrected chi connectivity index (χ1v) is 14.2. The molecular weight excluding hydrogens is 484 g/mol. The zero-order valence-corrected chi connectivity index (χ0v) is 22.9. The lowest BCUT2D eigenvalue weighted by Crippen LogP contribution is -2.32. The first-order valence-electron chi connectivity index (χ1n) is 14.2. The number of rotatable bonds is 8. The lowest BCUT2D eigenvalue weighted by atomic mass is 9.89. The summed E-state index contributed by atoms with van der Waals surface area (Å²) in [6.07, 6.45) is 4.09. The van der Waals surface area contributed by atoms with Crippen LogP contribution in [-0.2, 0) is 21.5 Å². The summed E-state index contributed by atoms with van der Waals surface area (Å²) >= 11 is 0. The second kappa shape index (κ2) is 10.8. The van der Waals surface area contributed by atoms with E-state index in [1.165, 1.54) is 24.0 Å². The molecule has 0 amide bonds. The number of aryl methyl sites for hydroxylation is 1. The molecule has 5 nitrogen and oxygen atoms in total. The first-order chi connectivity index (χ1) is 19.1. The summed E-state index contributed by atoms with van der Waals surface area (Å²) in [5.41, 5.74) is 7.52. The maximum atomic E-state index is 12.4. The Morgan fingerprint density at radius 2 is 1.54 bits per heavy atom. The van der Waals surface area contributed by atoms with Crippen molar-refractivity contribution in [1.82, 2.24) is 10.1 Å². The van der Waals surface area contributed by atoms with Gasteiger partial charge in [0.2, 0.25) is 0 Å². The number of ether oxygens (including phenoxy) is 1. The summed E-state index contributed by atoms with van der Waals surface area (Å²) in [6.45, 7) is 7.34. The van der Waals surface area contributed by atoms with Crippen molar-refractivity contribution in [2.24, 2.45) is 0 Å². The maximum Gasteiger partial charge on any atom is 0.316 e. The summed E-state index contributed by atoms with van der Waals surface area (Å²) in [4.78, 5) is 15.0. The Morgan fingerprint density at radius 1 is 0.923 bits per heavy atom. The molecule has 1 aliphatic carbocycles. The van der Waals surface area contributed by atoms with Gasteiger partial charge in [-0.15, -0.1) is 0 Å². The van der Waals surface area contributed by atoms with E-state index >= 15 is 0 Å². The Bertz CT molecular complexity index is 1410. The molecule has 1 aromatic heterocycles. The van der Waals surface area contributed by atoms with E-state index in [4.69, 9.17) is 9.26 Å². The third-order valence-electron chi connectivity index (χ3n) is 8.56. The Balaban J connectivity index is 1.13. The van der Waals surface area contributed by atoms with Crippen molar-refractivity contribution in [2.45, 2.75) is 57.4 Å². The van der Waals surface area contributed by atoms with Gasteiger partial charge in [-0.3, -0.25) is 9.69 Å². The number of hydrogen-bond acceptors (Lipinski definition) is 5. The minimum Gasteiger partial charge on any atom is -0.465 e. The number of piperidine rings is 1. The number of aromatic nitrogens is 1. The van der Waals surface area contributed by atoms with Gasteiger partial charge in [-0.1, -0.05) is 84.0 Å². The van der Waals surface area contributed by atoms with Gasteiger partial charge in [0.25, 0.3) is 0 Å². The van der Waals surface area contributed by atoms with Gasteiger partial charge in [0.05, 0.1) is 17.7 Å². The van der Waals surface area contributed by atoms with E-state index in [9.17, 15) is 4.79 Å². The summed E-state index contributed by atoms with van der Waals surface area (Å²) in [5.74, 6) is 1.41. The fourth-order valence-electron chi connectivity index (χ4n) is 5.98. The Hall–Kier alpha value is -3.70. The smallest absolute Gasteiger partial charge is 0.316 e. The predicted molar refractivity (Wildman–Crippen MR) is 153 cm³/mol. The molecule has 200 valence electrons. The van der Waals surface area contributed by atoms with Gasteiger partial charge in [0, 0.05) is 17.7 Å². The average Bonchev–Trinajstić information content (AvgIpc) is 3.73. The van der Waals surface area contributed by atoms with E-state index in [1.807, 2.05) is 13.8 Å². The second-order valence-electron chi connectivity index (χ2n) is 11.0. The summed E-state index contributed by atoms with van der Waals surface area (Å²) < 4.78 is 11.2. The van der Waals surface area contributed by atoms with Crippen LogP contribution in [-0.4, -0.2) is 35.7 Å².